The molecule has 10 heteroatoms. The molecule has 20 heavy (non-hydrogen) atoms. The summed E-state index contributed by atoms with van der Waals surface area (Å²) in [7, 11) is 0. The maximum atomic E-state index is 10.9. The minimum absolute atomic E-state index is 0.790. The quantitative estimate of drug-likeness (QED) is 0.255. The Morgan fingerprint density at radius 2 is 1.75 bits per heavy atom. The van der Waals surface area contributed by atoms with Gasteiger partial charge in [0.25, 0.3) is 0 Å². The number of rotatable bonds is 6. The predicted molar refractivity (Wildman–Crippen MR) is 61.9 cm³/mol. The second-order valence-corrected chi connectivity index (χ2v) is 4.33. The van der Waals surface area contributed by atoms with Crippen molar-refractivity contribution in [2.24, 2.45) is 4.99 Å². The molecule has 1 aliphatic heterocycles. The zero-order valence-electron chi connectivity index (χ0n) is 10.2. The van der Waals surface area contributed by atoms with Crippen LogP contribution in [0.2, 0.25) is 0 Å². The average Bonchev–Trinajstić information content (AvgIpc) is 2.45. The number of cyclic esters (lactones) is 1. The first kappa shape index (κ1) is 16.9. The van der Waals surface area contributed by atoms with Gasteiger partial charge in [-0.25, -0.2) is 4.79 Å². The summed E-state index contributed by atoms with van der Waals surface area (Å²) in [6.45, 7) is -0.880. The molecule has 10 nitrogen and oxygen atoms in total. The van der Waals surface area contributed by atoms with E-state index in [1.807, 2.05) is 0 Å². The maximum absolute atomic E-state index is 10.9. The molecule has 0 aliphatic carbocycles. The molecule has 7 atom stereocenters. The number of hydrogen-bond donors (Lipinski definition) is 7. The molecule has 0 bridgehead atoms. The zero-order chi connectivity index (χ0) is 15.4. The van der Waals surface area contributed by atoms with Crippen LogP contribution in [0.25, 0.3) is 0 Å². The molecule has 1 aliphatic rings. The molecule has 116 valence electrons. The summed E-state index contributed by atoms with van der Waals surface area (Å²) in [5, 5.41) is 65.5. The summed E-state index contributed by atoms with van der Waals surface area (Å²) in [4.78, 5) is 14.0. The molecule has 0 saturated carbocycles. The van der Waals surface area contributed by atoms with Crippen LogP contribution < -0.4 is 0 Å². The molecule has 0 spiro atoms. The highest BCUT2D eigenvalue weighted by Gasteiger charge is 2.42. The fraction of sp³-hybridized carbons (Fsp3) is 0.800. The highest BCUT2D eigenvalue weighted by molar-refractivity contribution is 5.84. The Hall–Kier alpha value is -1.14. The lowest BCUT2D eigenvalue weighted by Gasteiger charge is -2.33. The van der Waals surface area contributed by atoms with E-state index in [1.165, 1.54) is 0 Å². The Labute approximate surface area is 113 Å². The van der Waals surface area contributed by atoms with Gasteiger partial charge in [0, 0.05) is 6.21 Å². The molecule has 0 fully saturated rings. The summed E-state index contributed by atoms with van der Waals surface area (Å²) in [5.74, 6) is 0. The number of aliphatic imine (C=N–C) groups is 1. The van der Waals surface area contributed by atoms with Gasteiger partial charge in [0.2, 0.25) is 0 Å². The number of hydrogen-bond acceptors (Lipinski definition) is 9. The lowest BCUT2D eigenvalue weighted by molar-refractivity contribution is -0.165. The molecule has 0 aromatic heterocycles. The number of carbonyl (C=O) groups is 1. The van der Waals surface area contributed by atoms with E-state index in [4.69, 9.17) is 10.2 Å². The maximum Gasteiger partial charge on any atom is 0.433 e. The van der Waals surface area contributed by atoms with Gasteiger partial charge in [-0.05, 0) is 0 Å². The van der Waals surface area contributed by atoms with Crippen LogP contribution in [0.3, 0.4) is 0 Å². The molecule has 0 radical (unpaired) electrons. The number of amides is 1. The predicted octanol–water partition coefficient (Wildman–Crippen LogP) is -4.27. The van der Waals surface area contributed by atoms with Gasteiger partial charge in [0.1, 0.15) is 36.6 Å². The monoisotopic (exact) mass is 295 g/mol. The molecule has 7 N–H and O–H groups in total. The Bertz CT molecular complexity index is 363. The number of ether oxygens (including phenoxy) is 1. The summed E-state index contributed by atoms with van der Waals surface area (Å²) in [6.07, 6.45) is -13.2. The number of nitrogens with zero attached hydrogens (tertiary/aromatic N) is 1. The van der Waals surface area contributed by atoms with Crippen molar-refractivity contribution in [2.75, 3.05) is 6.61 Å². The molecule has 0 aromatic carbocycles. The Balaban J connectivity index is 2.73. The molecular weight excluding hydrogens is 278 g/mol. The second kappa shape index (κ2) is 7.04. The first-order valence-corrected chi connectivity index (χ1v) is 5.73. The SMILES string of the molecule is O=C1N=CC(O)C(C(O)[C@H](O)[C@@H](O)[C@H](O)[C@H](O)CO)O1. The molecule has 3 unspecified atom stereocenters. The third-order valence-electron chi connectivity index (χ3n) is 2.87. The summed E-state index contributed by atoms with van der Waals surface area (Å²) in [6, 6.07) is 0. The van der Waals surface area contributed by atoms with E-state index in [1.54, 1.807) is 0 Å². The van der Waals surface area contributed by atoms with Crippen molar-refractivity contribution in [1.29, 1.82) is 0 Å². The zero-order valence-corrected chi connectivity index (χ0v) is 10.2. The molecule has 1 heterocycles. The van der Waals surface area contributed by atoms with Crippen LogP contribution in [0.15, 0.2) is 4.99 Å². The highest BCUT2D eigenvalue weighted by atomic mass is 16.6. The largest absolute Gasteiger partial charge is 0.439 e. The van der Waals surface area contributed by atoms with Gasteiger partial charge in [-0.2, -0.15) is 4.99 Å². The van der Waals surface area contributed by atoms with E-state index in [0.29, 0.717) is 0 Å². The number of aliphatic hydroxyl groups excluding tert-OH is 7. The first-order valence-electron chi connectivity index (χ1n) is 5.73. The van der Waals surface area contributed by atoms with Crippen molar-refractivity contribution in [3.8, 4) is 0 Å². The minimum Gasteiger partial charge on any atom is -0.439 e. The van der Waals surface area contributed by atoms with Crippen molar-refractivity contribution in [2.45, 2.75) is 42.7 Å². The van der Waals surface area contributed by atoms with Crippen LogP contribution in [0.1, 0.15) is 0 Å². The van der Waals surface area contributed by atoms with Gasteiger partial charge in [0.05, 0.1) is 6.61 Å². The van der Waals surface area contributed by atoms with Crippen LogP contribution in [0, 0.1) is 0 Å². The molecular formula is C10H17NO9. The van der Waals surface area contributed by atoms with E-state index < -0.39 is 55.4 Å². The highest BCUT2D eigenvalue weighted by Crippen LogP contribution is 2.17. The van der Waals surface area contributed by atoms with Crippen LogP contribution in [-0.4, -0.2) is 97.4 Å². The van der Waals surface area contributed by atoms with Crippen molar-refractivity contribution in [1.82, 2.24) is 0 Å². The lowest BCUT2D eigenvalue weighted by atomic mass is 9.94. The standard InChI is InChI=1S/C10H17NO9/c12-2-4(14)5(15)6(16)7(17)8(18)9-3(13)1-11-10(19)20-9/h1,3-9,12-18H,2H2/t3?,4-,5-,6+,7-,8?,9?/m1/s1. The average molecular weight is 295 g/mol. The van der Waals surface area contributed by atoms with Crippen molar-refractivity contribution in [3.63, 3.8) is 0 Å². The molecule has 0 saturated heterocycles. The summed E-state index contributed by atoms with van der Waals surface area (Å²) < 4.78 is 4.50. The van der Waals surface area contributed by atoms with Crippen LogP contribution >= 0.6 is 0 Å². The molecule has 0 aromatic rings. The van der Waals surface area contributed by atoms with Crippen LogP contribution in [0.4, 0.5) is 4.79 Å². The number of aliphatic hydroxyl groups is 7. The molecule has 1 amide bonds. The normalized spacial score (nSPS) is 30.2. The van der Waals surface area contributed by atoms with Gasteiger partial charge in [-0.15, -0.1) is 0 Å². The lowest BCUT2D eigenvalue weighted by Crippen LogP contribution is -2.56. The van der Waals surface area contributed by atoms with Crippen molar-refractivity contribution >= 4 is 12.3 Å². The third kappa shape index (κ3) is 3.70. The molecule has 1 rings (SSSR count). The minimum atomic E-state index is -2.05. The van der Waals surface area contributed by atoms with Gasteiger partial charge >= 0.3 is 6.09 Å². The van der Waals surface area contributed by atoms with E-state index in [9.17, 15) is 30.3 Å². The van der Waals surface area contributed by atoms with Gasteiger partial charge < -0.3 is 40.5 Å². The van der Waals surface area contributed by atoms with Crippen molar-refractivity contribution in [3.05, 3.63) is 0 Å². The second-order valence-electron chi connectivity index (χ2n) is 4.33. The first-order chi connectivity index (χ1) is 9.29. The summed E-state index contributed by atoms with van der Waals surface area (Å²) >= 11 is 0. The van der Waals surface area contributed by atoms with Crippen LogP contribution in [-0.2, 0) is 4.74 Å². The van der Waals surface area contributed by atoms with E-state index in [2.05, 4.69) is 9.73 Å². The topological polar surface area (TPSA) is 180 Å². The van der Waals surface area contributed by atoms with E-state index in [-0.39, 0.29) is 0 Å². The van der Waals surface area contributed by atoms with Crippen molar-refractivity contribution < 1.29 is 45.3 Å². The van der Waals surface area contributed by atoms with Gasteiger partial charge in [0.15, 0.2) is 6.10 Å². The fourth-order valence-corrected chi connectivity index (χ4v) is 1.64. The summed E-state index contributed by atoms with van der Waals surface area (Å²) in [5.41, 5.74) is 0. The Morgan fingerprint density at radius 1 is 1.15 bits per heavy atom. The Morgan fingerprint density at radius 3 is 2.30 bits per heavy atom. The Kier molecular flexibility index (Phi) is 5.95. The van der Waals surface area contributed by atoms with E-state index in [0.717, 1.165) is 6.21 Å². The fourth-order valence-electron chi connectivity index (χ4n) is 1.64. The smallest absolute Gasteiger partial charge is 0.433 e. The van der Waals surface area contributed by atoms with Gasteiger partial charge in [-0.3, -0.25) is 0 Å². The number of carbonyl (C=O) groups excluding carboxylic acids is 1. The third-order valence-corrected chi connectivity index (χ3v) is 2.87. The van der Waals surface area contributed by atoms with E-state index >= 15 is 0 Å². The van der Waals surface area contributed by atoms with Crippen LogP contribution in [0.5, 0.6) is 0 Å². The van der Waals surface area contributed by atoms with Gasteiger partial charge in [-0.1, -0.05) is 0 Å².